The Morgan fingerprint density at radius 1 is 1.07 bits per heavy atom. The second-order valence-electron chi connectivity index (χ2n) is 16.7. The number of epoxide rings is 1. The fourth-order valence-corrected chi connectivity index (χ4v) is 12.0. The topological polar surface area (TPSA) is 213 Å². The number of esters is 1. The molecule has 16 heteroatoms. The Morgan fingerprint density at radius 2 is 1.93 bits per heavy atom. The first-order chi connectivity index (χ1) is 28.4. The smallest absolute Gasteiger partial charge is 0.341 e. The van der Waals surface area contributed by atoms with Crippen molar-refractivity contribution in [1.82, 2.24) is 9.97 Å². The van der Waals surface area contributed by atoms with Gasteiger partial charge >= 0.3 is 5.97 Å². The van der Waals surface area contributed by atoms with Crippen molar-refractivity contribution in [3.63, 3.8) is 0 Å². The summed E-state index contributed by atoms with van der Waals surface area (Å²) in [7, 11) is 3.26. The van der Waals surface area contributed by atoms with Crippen molar-refractivity contribution in [2.45, 2.75) is 100 Å². The Balaban J connectivity index is 1.02. The molecular weight excluding hydrogens is 793 g/mol. The molecule has 6 aliphatic heterocycles. The Hall–Kier alpha value is -4.87. The van der Waals surface area contributed by atoms with E-state index in [0.29, 0.717) is 84.6 Å². The van der Waals surface area contributed by atoms with E-state index in [2.05, 4.69) is 17.3 Å². The maximum atomic E-state index is 14.5. The number of nitrogen functional groups attached to an aromatic ring is 2. The van der Waals surface area contributed by atoms with Gasteiger partial charge in [0, 0.05) is 70.9 Å². The molecule has 7 atom stereocenters. The number of aliphatic imine (C=N–C) groups is 1. The SMILES string of the molecule is Cc1cc(=O)c2c(O)c3c(cc2o1)OC1(C)CCSSCc2c(cc(C[NH+]4C=C5N=CC=C5C4)nc2N)-c2cc(cc(N)n2)CCC2OC24CC(O)CCC3C1OC4=O. The van der Waals surface area contributed by atoms with E-state index in [9.17, 15) is 19.8 Å². The number of phenolic OH excluding ortho intramolecular Hbond substituents is 1. The quantitative estimate of drug-likeness (QED) is 0.107. The van der Waals surface area contributed by atoms with E-state index in [4.69, 9.17) is 40.1 Å². The first-order valence-corrected chi connectivity index (χ1v) is 22.5. The van der Waals surface area contributed by atoms with Gasteiger partial charge in [0.15, 0.2) is 11.0 Å². The Bertz CT molecular complexity index is 2600. The number of rotatable bonds is 2. The van der Waals surface area contributed by atoms with Crippen molar-refractivity contribution in [3.05, 3.63) is 92.2 Å². The van der Waals surface area contributed by atoms with E-state index >= 15 is 0 Å². The van der Waals surface area contributed by atoms with Crippen LogP contribution in [-0.4, -0.2) is 74.2 Å². The number of benzene rings is 1. The fourth-order valence-electron chi connectivity index (χ4n) is 9.64. The van der Waals surface area contributed by atoms with Crippen LogP contribution < -0.4 is 26.5 Å². The average molecular weight is 838 g/mol. The number of aromatic hydroxyl groups is 1. The second kappa shape index (κ2) is 14.4. The van der Waals surface area contributed by atoms with E-state index in [1.54, 1.807) is 34.6 Å². The molecule has 2 saturated heterocycles. The molecule has 10 rings (SSSR count). The minimum atomic E-state index is -1.36. The number of fused-ring (bicyclic) bond motifs is 9. The zero-order valence-corrected chi connectivity index (χ0v) is 34.3. The number of carbonyl (C=O) groups excluding carboxylic acids is 1. The van der Waals surface area contributed by atoms with Gasteiger partial charge < -0.3 is 40.3 Å². The van der Waals surface area contributed by atoms with Gasteiger partial charge in [-0.2, -0.15) is 0 Å². The monoisotopic (exact) mass is 837 g/mol. The molecule has 0 aliphatic carbocycles. The standard InChI is InChI=1S/C43H44N6O8S2/c1-21-11-31(51)37-32(54-21)15-33-36(38(37)52)26-5-4-25(50)16-43-34(57-43)6-3-22-12-29(48-35(44)13-22)27-14-24(18-49-17-23-7-9-46-30(23)19-49)47-40(45)28(27)20-59-58-10-8-42(2,56-33)39(26)55-41(43)53/h7,9,11-15,19,25-26,34,39,50,52H,3-6,8,10,16-18,20H2,1-2H3,(H2,44,48)(H2,45,47)/p+1. The van der Waals surface area contributed by atoms with Crippen LogP contribution in [0.5, 0.6) is 11.5 Å². The normalized spacial score (nSPS) is 29.9. The van der Waals surface area contributed by atoms with Crippen LogP contribution in [-0.2, 0) is 33.0 Å². The van der Waals surface area contributed by atoms with E-state index in [1.165, 1.54) is 16.5 Å². The average Bonchev–Trinajstić information content (AvgIpc) is 3.44. The Morgan fingerprint density at radius 3 is 2.78 bits per heavy atom. The zero-order valence-electron chi connectivity index (χ0n) is 32.7. The van der Waals surface area contributed by atoms with Gasteiger partial charge in [0.2, 0.25) is 0 Å². The van der Waals surface area contributed by atoms with Gasteiger partial charge in [0.25, 0.3) is 0 Å². The number of hydrogen-bond donors (Lipinski definition) is 5. The minimum absolute atomic E-state index is 0.0351. The van der Waals surface area contributed by atoms with Crippen LogP contribution in [0.4, 0.5) is 11.6 Å². The molecule has 0 saturated carbocycles. The summed E-state index contributed by atoms with van der Waals surface area (Å²) in [5.74, 6) is 1.23. The number of hydrogen-bond acceptors (Lipinski definition) is 15. The molecule has 6 aliphatic rings. The van der Waals surface area contributed by atoms with Gasteiger partial charge in [-0.25, -0.2) is 14.8 Å². The van der Waals surface area contributed by atoms with Crippen molar-refractivity contribution in [3.8, 4) is 22.8 Å². The molecular formula is C43H45N6O8S2+. The molecule has 4 bridgehead atoms. The number of aromatic nitrogens is 2. The number of pyridine rings is 2. The number of phenols is 1. The van der Waals surface area contributed by atoms with Gasteiger partial charge in [-0.3, -0.25) is 14.7 Å². The number of nitrogens with zero attached hydrogens (tertiary/aromatic N) is 3. The zero-order chi connectivity index (χ0) is 40.8. The highest BCUT2D eigenvalue weighted by molar-refractivity contribution is 8.76. The third-order valence-corrected chi connectivity index (χ3v) is 14.9. The molecule has 7 unspecified atom stereocenters. The number of carbonyl (C=O) groups is 1. The molecule has 0 amide bonds. The third kappa shape index (κ3) is 6.78. The molecule has 7 N–H and O–H groups in total. The minimum Gasteiger partial charge on any atom is -0.507 e. The number of allylic oxidation sites excluding steroid dienone is 1. The molecule has 9 heterocycles. The molecule has 2 fully saturated rings. The summed E-state index contributed by atoms with van der Waals surface area (Å²) in [6, 6.07) is 8.91. The molecule has 4 aromatic rings. The van der Waals surface area contributed by atoms with Crippen molar-refractivity contribution in [1.29, 1.82) is 0 Å². The van der Waals surface area contributed by atoms with E-state index in [-0.39, 0.29) is 28.6 Å². The van der Waals surface area contributed by atoms with Gasteiger partial charge in [-0.1, -0.05) is 21.6 Å². The van der Waals surface area contributed by atoms with E-state index in [1.807, 2.05) is 31.3 Å². The molecule has 59 heavy (non-hydrogen) atoms. The van der Waals surface area contributed by atoms with Gasteiger partial charge in [-0.05, 0) is 69.4 Å². The number of quaternary nitrogens is 1. The first-order valence-electron chi connectivity index (χ1n) is 20.0. The lowest BCUT2D eigenvalue weighted by Crippen LogP contribution is -3.04. The van der Waals surface area contributed by atoms with Crippen molar-refractivity contribution in [2.24, 2.45) is 4.99 Å². The Kier molecular flexibility index (Phi) is 9.36. The number of aryl methyl sites for hydroxylation is 2. The van der Waals surface area contributed by atoms with Crippen LogP contribution in [0.2, 0.25) is 0 Å². The maximum Gasteiger partial charge on any atom is 0.341 e. The summed E-state index contributed by atoms with van der Waals surface area (Å²) in [4.78, 5) is 43.0. The van der Waals surface area contributed by atoms with Crippen molar-refractivity contribution >= 4 is 56.4 Å². The summed E-state index contributed by atoms with van der Waals surface area (Å²) in [5, 5.41) is 23.3. The highest BCUT2D eigenvalue weighted by Crippen LogP contribution is 2.55. The summed E-state index contributed by atoms with van der Waals surface area (Å²) in [6.07, 6.45) is 5.87. The summed E-state index contributed by atoms with van der Waals surface area (Å²) in [6.45, 7) is 5.03. The number of aliphatic hydroxyl groups excluding tert-OH is 1. The molecule has 1 aromatic carbocycles. The number of anilines is 2. The predicted octanol–water partition coefficient (Wildman–Crippen LogP) is 4.43. The van der Waals surface area contributed by atoms with Crippen LogP contribution in [0, 0.1) is 6.92 Å². The summed E-state index contributed by atoms with van der Waals surface area (Å²) < 4.78 is 25.5. The molecule has 1 spiro atoms. The van der Waals surface area contributed by atoms with Crippen molar-refractivity contribution < 1.29 is 38.5 Å². The highest BCUT2D eigenvalue weighted by Gasteiger charge is 2.66. The number of nitrogens with one attached hydrogen (secondary N) is 1. The van der Waals surface area contributed by atoms with Crippen LogP contribution in [0.3, 0.4) is 0 Å². The van der Waals surface area contributed by atoms with Gasteiger partial charge in [0.05, 0.1) is 23.6 Å². The lowest BCUT2D eigenvalue weighted by atomic mass is 9.76. The third-order valence-electron chi connectivity index (χ3n) is 12.6. The summed E-state index contributed by atoms with van der Waals surface area (Å²) in [5.41, 5.74) is 17.4. The van der Waals surface area contributed by atoms with E-state index < -0.39 is 41.4 Å². The lowest BCUT2D eigenvalue weighted by Gasteiger charge is -2.46. The Labute approximate surface area is 347 Å². The van der Waals surface area contributed by atoms with Crippen LogP contribution >= 0.6 is 21.6 Å². The fraction of sp³-hybridized carbons (Fsp3) is 0.419. The van der Waals surface area contributed by atoms with Crippen LogP contribution in [0.15, 0.2) is 68.1 Å². The van der Waals surface area contributed by atoms with Gasteiger partial charge in [-0.15, -0.1) is 0 Å². The highest BCUT2D eigenvalue weighted by atomic mass is 33.1. The van der Waals surface area contributed by atoms with E-state index in [0.717, 1.165) is 34.6 Å². The second-order valence-corrected chi connectivity index (χ2v) is 19.3. The van der Waals surface area contributed by atoms with Crippen LogP contribution in [0.25, 0.3) is 22.2 Å². The first kappa shape index (κ1) is 38.3. The number of nitrogens with two attached hydrogens (primary N) is 2. The lowest BCUT2D eigenvalue weighted by molar-refractivity contribution is -0.852. The maximum absolute atomic E-state index is 14.5. The number of ether oxygens (including phenoxy) is 3. The molecule has 0 radical (unpaired) electrons. The summed E-state index contributed by atoms with van der Waals surface area (Å²) >= 11 is 0. The van der Waals surface area contributed by atoms with Gasteiger partial charge in [0.1, 0.15) is 76.6 Å². The van der Waals surface area contributed by atoms with Crippen LogP contribution in [0.1, 0.15) is 73.1 Å². The molecule has 14 nitrogen and oxygen atoms in total. The number of aliphatic hydroxyl groups is 1. The largest absolute Gasteiger partial charge is 0.507 e. The predicted molar refractivity (Wildman–Crippen MR) is 225 cm³/mol. The van der Waals surface area contributed by atoms with Crippen molar-refractivity contribution in [2.75, 3.05) is 23.8 Å². The molecule has 306 valence electrons. The molecule has 3 aromatic heterocycles.